The van der Waals surface area contributed by atoms with Gasteiger partial charge >= 0.3 is 0 Å². The molecule has 0 aromatic carbocycles. The van der Waals surface area contributed by atoms with Crippen molar-refractivity contribution in [3.63, 3.8) is 0 Å². The van der Waals surface area contributed by atoms with Gasteiger partial charge in [-0.25, -0.2) is 13.2 Å². The summed E-state index contributed by atoms with van der Waals surface area (Å²) >= 11 is 0. The van der Waals surface area contributed by atoms with Crippen LogP contribution < -0.4 is 5.73 Å². The minimum Gasteiger partial charge on any atom is -0.328 e. The Hall–Kier alpha value is -0.760. The smallest absolute Gasteiger partial charge is 0.119 e. The van der Waals surface area contributed by atoms with E-state index in [-0.39, 0.29) is 24.7 Å². The second kappa shape index (κ2) is 7.64. The van der Waals surface area contributed by atoms with Crippen LogP contribution in [0.3, 0.4) is 0 Å². The molecule has 2 N–H and O–H groups in total. The van der Waals surface area contributed by atoms with Crippen LogP contribution in [0.1, 0.15) is 57.8 Å². The molecule has 3 saturated carbocycles. The quantitative estimate of drug-likeness (QED) is 0.804. The predicted octanol–water partition coefficient (Wildman–Crippen LogP) is 4.48. The van der Waals surface area contributed by atoms with E-state index in [1.807, 2.05) is 0 Å². The van der Waals surface area contributed by atoms with E-state index in [0.29, 0.717) is 24.3 Å². The third-order valence-electron chi connectivity index (χ3n) is 6.94. The average Bonchev–Trinajstić information content (AvgIpc) is 2.55. The third kappa shape index (κ3) is 3.74. The summed E-state index contributed by atoms with van der Waals surface area (Å²) in [5, 5.41) is 8.87. The largest absolute Gasteiger partial charge is 0.328 e. The van der Waals surface area contributed by atoms with Gasteiger partial charge in [0.15, 0.2) is 0 Å². The molecule has 3 aliphatic carbocycles. The molecule has 0 amide bonds. The number of rotatable bonds is 2. The molecule has 0 heterocycles. The lowest BCUT2D eigenvalue weighted by Crippen LogP contribution is -2.42. The maximum atomic E-state index is 14.8. The van der Waals surface area contributed by atoms with E-state index in [0.717, 1.165) is 38.5 Å². The predicted molar refractivity (Wildman–Crippen MR) is 87.3 cm³/mol. The Labute approximate surface area is 143 Å². The van der Waals surface area contributed by atoms with Crippen molar-refractivity contribution in [1.82, 2.24) is 0 Å². The lowest BCUT2D eigenvalue weighted by Gasteiger charge is -2.43. The normalized spacial score (nSPS) is 50.2. The van der Waals surface area contributed by atoms with Gasteiger partial charge in [-0.15, -0.1) is 0 Å². The molecule has 0 bridgehead atoms. The minimum atomic E-state index is -1.45. The van der Waals surface area contributed by atoms with Crippen molar-refractivity contribution in [2.75, 3.05) is 0 Å². The number of nitrogens with zero attached hydrogens (tertiary/aromatic N) is 1. The van der Waals surface area contributed by atoms with E-state index < -0.39 is 24.4 Å². The van der Waals surface area contributed by atoms with Crippen molar-refractivity contribution in [2.45, 2.75) is 82.3 Å². The van der Waals surface area contributed by atoms with Crippen LogP contribution >= 0.6 is 0 Å². The van der Waals surface area contributed by atoms with Crippen LogP contribution in [0.5, 0.6) is 0 Å². The Morgan fingerprint density at radius 2 is 1.25 bits per heavy atom. The van der Waals surface area contributed by atoms with Crippen LogP contribution in [0.2, 0.25) is 0 Å². The van der Waals surface area contributed by atoms with Crippen molar-refractivity contribution in [2.24, 2.45) is 35.3 Å². The first-order chi connectivity index (χ1) is 11.5. The molecule has 2 nitrogen and oxygen atoms in total. The zero-order chi connectivity index (χ0) is 17.3. The Bertz CT molecular complexity index is 446. The highest BCUT2D eigenvalue weighted by Crippen LogP contribution is 2.47. The molecule has 3 rings (SSSR count). The van der Waals surface area contributed by atoms with Gasteiger partial charge < -0.3 is 5.73 Å². The fraction of sp³-hybridized carbons (Fsp3) is 0.947. The molecular formula is C19H29F3N2. The van der Waals surface area contributed by atoms with Gasteiger partial charge in [-0.05, 0) is 81.5 Å². The van der Waals surface area contributed by atoms with E-state index in [2.05, 4.69) is 0 Å². The molecule has 0 aromatic heterocycles. The van der Waals surface area contributed by atoms with Gasteiger partial charge in [-0.2, -0.15) is 5.26 Å². The van der Waals surface area contributed by atoms with Crippen molar-refractivity contribution < 1.29 is 13.2 Å². The van der Waals surface area contributed by atoms with Crippen molar-refractivity contribution in [1.29, 1.82) is 5.26 Å². The molecule has 24 heavy (non-hydrogen) atoms. The Kier molecular flexibility index (Phi) is 5.74. The highest BCUT2D eigenvalue weighted by molar-refractivity contribution is 5.01. The zero-order valence-electron chi connectivity index (χ0n) is 14.2. The third-order valence-corrected chi connectivity index (χ3v) is 6.94. The molecule has 5 unspecified atom stereocenters. The lowest BCUT2D eigenvalue weighted by atomic mass is 9.64. The van der Waals surface area contributed by atoms with Gasteiger partial charge in [-0.1, -0.05) is 0 Å². The number of nitriles is 1. The van der Waals surface area contributed by atoms with Crippen LogP contribution in [0, 0.1) is 40.9 Å². The molecule has 5 heteroatoms. The number of alkyl halides is 3. The summed E-state index contributed by atoms with van der Waals surface area (Å²) in [5.41, 5.74) is 5.95. The van der Waals surface area contributed by atoms with Gasteiger partial charge in [0.05, 0.1) is 6.07 Å². The number of nitrogens with two attached hydrogens (primary N) is 1. The van der Waals surface area contributed by atoms with E-state index in [9.17, 15) is 13.2 Å². The SMILES string of the molecule is N#CC1C(F)CC(C2CCC(C3CCC(N)CC3)CC2F)CC1F. The summed E-state index contributed by atoms with van der Waals surface area (Å²) in [6.07, 6.45) is 2.93. The monoisotopic (exact) mass is 342 g/mol. The summed E-state index contributed by atoms with van der Waals surface area (Å²) in [6, 6.07) is 2.04. The molecule has 0 saturated heterocycles. The summed E-state index contributed by atoms with van der Waals surface area (Å²) in [6.45, 7) is 0. The maximum absolute atomic E-state index is 14.8. The summed E-state index contributed by atoms with van der Waals surface area (Å²) in [5.74, 6) is -0.677. The van der Waals surface area contributed by atoms with E-state index in [1.165, 1.54) is 0 Å². The number of hydrogen-bond acceptors (Lipinski definition) is 2. The highest BCUT2D eigenvalue weighted by Gasteiger charge is 2.45. The van der Waals surface area contributed by atoms with Gasteiger partial charge in [0.25, 0.3) is 0 Å². The Morgan fingerprint density at radius 3 is 1.79 bits per heavy atom. The topological polar surface area (TPSA) is 49.8 Å². The van der Waals surface area contributed by atoms with E-state index >= 15 is 0 Å². The first kappa shape index (κ1) is 18.0. The molecule has 136 valence electrons. The summed E-state index contributed by atoms with van der Waals surface area (Å²) in [7, 11) is 0. The van der Waals surface area contributed by atoms with Crippen molar-refractivity contribution in [3.8, 4) is 6.07 Å². The maximum Gasteiger partial charge on any atom is 0.119 e. The van der Waals surface area contributed by atoms with Crippen LogP contribution in [-0.4, -0.2) is 24.6 Å². The number of hydrogen-bond donors (Lipinski definition) is 1. The van der Waals surface area contributed by atoms with Gasteiger partial charge in [0, 0.05) is 6.04 Å². The first-order valence-corrected chi connectivity index (χ1v) is 9.57. The van der Waals surface area contributed by atoms with Crippen LogP contribution in [0.4, 0.5) is 13.2 Å². The van der Waals surface area contributed by atoms with Crippen LogP contribution in [-0.2, 0) is 0 Å². The molecule has 3 aliphatic rings. The molecular weight excluding hydrogens is 313 g/mol. The molecule has 0 aromatic rings. The van der Waals surface area contributed by atoms with E-state index in [1.54, 1.807) is 6.07 Å². The average molecular weight is 342 g/mol. The van der Waals surface area contributed by atoms with Gasteiger partial charge in [-0.3, -0.25) is 0 Å². The van der Waals surface area contributed by atoms with Crippen molar-refractivity contribution in [3.05, 3.63) is 0 Å². The Morgan fingerprint density at radius 1 is 0.708 bits per heavy atom. The fourth-order valence-corrected chi connectivity index (χ4v) is 5.45. The van der Waals surface area contributed by atoms with Crippen LogP contribution in [0.15, 0.2) is 0 Å². The van der Waals surface area contributed by atoms with Gasteiger partial charge in [0.1, 0.15) is 24.4 Å². The molecule has 0 radical (unpaired) electrons. The first-order valence-electron chi connectivity index (χ1n) is 9.57. The summed E-state index contributed by atoms with van der Waals surface area (Å²) < 4.78 is 42.9. The highest BCUT2D eigenvalue weighted by atomic mass is 19.1. The van der Waals surface area contributed by atoms with Gasteiger partial charge in [0.2, 0.25) is 0 Å². The molecule has 3 fully saturated rings. The number of halogens is 3. The van der Waals surface area contributed by atoms with Crippen molar-refractivity contribution >= 4 is 0 Å². The second-order valence-electron chi connectivity index (χ2n) is 8.35. The fourth-order valence-electron chi connectivity index (χ4n) is 5.45. The second-order valence-corrected chi connectivity index (χ2v) is 8.35. The Balaban J connectivity index is 1.55. The minimum absolute atomic E-state index is 0.146. The molecule has 0 spiro atoms. The van der Waals surface area contributed by atoms with E-state index in [4.69, 9.17) is 11.0 Å². The molecule has 0 aliphatic heterocycles. The lowest BCUT2D eigenvalue weighted by molar-refractivity contribution is -0.00380. The summed E-state index contributed by atoms with van der Waals surface area (Å²) in [4.78, 5) is 0. The van der Waals surface area contributed by atoms with Crippen LogP contribution in [0.25, 0.3) is 0 Å². The zero-order valence-corrected chi connectivity index (χ0v) is 14.2. The molecule has 5 atom stereocenters. The standard InChI is InChI=1S/C19H29F3N2/c20-17-7-12(11-1-4-14(24)5-2-11)3-6-15(17)13-8-18(21)16(10-23)19(22)9-13/h11-19H,1-9,24H2.